The average molecular weight is 276 g/mol. The molecule has 0 fully saturated rings. The highest BCUT2D eigenvalue weighted by Gasteiger charge is 2.17. The molecule has 0 aliphatic rings. The number of nitrogens with two attached hydrogens (primary N) is 1. The molecule has 1 aromatic rings. The zero-order valence-electron chi connectivity index (χ0n) is 11.1. The number of hydrogen-bond donors (Lipinski definition) is 2. The highest BCUT2D eigenvalue weighted by molar-refractivity contribution is 5.87. The fourth-order valence-corrected chi connectivity index (χ4v) is 1.73. The van der Waals surface area contributed by atoms with Crippen LogP contribution in [0.4, 0.5) is 4.39 Å². The van der Waals surface area contributed by atoms with Gasteiger partial charge in [-0.2, -0.15) is 0 Å². The molecule has 1 atom stereocenters. The fraction of sp³-hybridized carbons (Fsp3) is 0.333. The number of carbonyl (C=O) groups excluding carboxylic acids is 2. The number of halogens is 1. The van der Waals surface area contributed by atoms with E-state index in [0.717, 1.165) is 0 Å². The van der Waals surface area contributed by atoms with E-state index in [0.29, 0.717) is 24.8 Å². The SMILES string of the molecule is C#CCCC[C@H](NC(=O)Cc1ccc(F)cc1)C(N)=O. The molecule has 20 heavy (non-hydrogen) atoms. The number of amides is 2. The van der Waals surface area contributed by atoms with Crippen LogP contribution in [-0.4, -0.2) is 17.9 Å². The normalized spacial score (nSPS) is 11.4. The Morgan fingerprint density at radius 1 is 1.35 bits per heavy atom. The number of rotatable bonds is 7. The van der Waals surface area contributed by atoms with E-state index in [9.17, 15) is 14.0 Å². The lowest BCUT2D eigenvalue weighted by Crippen LogP contribution is -2.44. The van der Waals surface area contributed by atoms with Gasteiger partial charge < -0.3 is 11.1 Å². The van der Waals surface area contributed by atoms with Crippen LogP contribution < -0.4 is 11.1 Å². The lowest BCUT2D eigenvalue weighted by molar-refractivity contribution is -0.127. The molecule has 0 bridgehead atoms. The van der Waals surface area contributed by atoms with Gasteiger partial charge in [0.15, 0.2) is 0 Å². The second kappa shape index (κ2) is 7.95. The van der Waals surface area contributed by atoms with Gasteiger partial charge in [-0.3, -0.25) is 9.59 Å². The summed E-state index contributed by atoms with van der Waals surface area (Å²) in [5, 5.41) is 2.56. The molecule has 0 radical (unpaired) electrons. The van der Waals surface area contributed by atoms with Gasteiger partial charge in [0.2, 0.25) is 11.8 Å². The molecule has 0 aromatic heterocycles. The maximum Gasteiger partial charge on any atom is 0.240 e. The van der Waals surface area contributed by atoms with E-state index in [2.05, 4.69) is 11.2 Å². The summed E-state index contributed by atoms with van der Waals surface area (Å²) in [4.78, 5) is 23.0. The number of primary amides is 1. The standard InChI is InChI=1S/C15H17FN2O2/c1-2-3-4-5-13(15(17)20)18-14(19)10-11-6-8-12(16)9-7-11/h1,6-9,13H,3-5,10H2,(H2,17,20)(H,18,19)/t13-/m0/s1. The van der Waals surface area contributed by atoms with Crippen molar-refractivity contribution < 1.29 is 14.0 Å². The van der Waals surface area contributed by atoms with Crippen molar-refractivity contribution in [3.8, 4) is 12.3 Å². The molecule has 0 spiro atoms. The third kappa shape index (κ3) is 5.53. The third-order valence-electron chi connectivity index (χ3n) is 2.77. The van der Waals surface area contributed by atoms with Crippen molar-refractivity contribution in [3.05, 3.63) is 35.6 Å². The van der Waals surface area contributed by atoms with Crippen LogP contribution in [0.1, 0.15) is 24.8 Å². The first kappa shape index (κ1) is 15.7. The van der Waals surface area contributed by atoms with Crippen LogP contribution in [0.25, 0.3) is 0 Å². The van der Waals surface area contributed by atoms with Crippen molar-refractivity contribution in [3.63, 3.8) is 0 Å². The fourth-order valence-electron chi connectivity index (χ4n) is 1.73. The number of nitrogens with one attached hydrogen (secondary N) is 1. The summed E-state index contributed by atoms with van der Waals surface area (Å²) in [7, 11) is 0. The van der Waals surface area contributed by atoms with Crippen LogP contribution in [0.5, 0.6) is 0 Å². The molecule has 0 aliphatic carbocycles. The minimum absolute atomic E-state index is 0.0686. The Hall–Kier alpha value is -2.35. The molecule has 2 amide bonds. The van der Waals surface area contributed by atoms with Gasteiger partial charge in [-0.05, 0) is 30.5 Å². The Morgan fingerprint density at radius 3 is 2.55 bits per heavy atom. The van der Waals surface area contributed by atoms with Crippen LogP contribution in [0, 0.1) is 18.2 Å². The Labute approximate surface area is 117 Å². The summed E-state index contributed by atoms with van der Waals surface area (Å²) in [5.41, 5.74) is 5.89. The first-order valence-electron chi connectivity index (χ1n) is 6.29. The highest BCUT2D eigenvalue weighted by atomic mass is 19.1. The molecular formula is C15H17FN2O2. The molecule has 106 valence electrons. The number of carbonyl (C=O) groups is 2. The lowest BCUT2D eigenvalue weighted by atomic mass is 10.1. The first-order chi connectivity index (χ1) is 9.52. The maximum absolute atomic E-state index is 12.7. The van der Waals surface area contributed by atoms with E-state index in [1.165, 1.54) is 24.3 Å². The number of benzene rings is 1. The van der Waals surface area contributed by atoms with E-state index in [1.807, 2.05) is 0 Å². The zero-order valence-corrected chi connectivity index (χ0v) is 11.1. The molecular weight excluding hydrogens is 259 g/mol. The van der Waals surface area contributed by atoms with E-state index in [4.69, 9.17) is 12.2 Å². The Morgan fingerprint density at radius 2 is 2.00 bits per heavy atom. The summed E-state index contributed by atoms with van der Waals surface area (Å²) in [6.07, 6.45) is 6.74. The quantitative estimate of drug-likeness (QED) is 0.579. The second-order valence-electron chi connectivity index (χ2n) is 4.42. The second-order valence-corrected chi connectivity index (χ2v) is 4.42. The van der Waals surface area contributed by atoms with Gasteiger partial charge in [-0.25, -0.2) is 4.39 Å². The van der Waals surface area contributed by atoms with Gasteiger partial charge in [0, 0.05) is 6.42 Å². The average Bonchev–Trinajstić information content (AvgIpc) is 2.40. The maximum atomic E-state index is 12.7. The molecule has 0 saturated heterocycles. The van der Waals surface area contributed by atoms with E-state index in [-0.39, 0.29) is 18.1 Å². The molecule has 0 aliphatic heterocycles. The molecule has 4 nitrogen and oxygen atoms in total. The minimum atomic E-state index is -0.726. The highest BCUT2D eigenvalue weighted by Crippen LogP contribution is 2.05. The summed E-state index contributed by atoms with van der Waals surface area (Å²) in [6.45, 7) is 0. The molecule has 3 N–H and O–H groups in total. The van der Waals surface area contributed by atoms with Crippen LogP contribution in [-0.2, 0) is 16.0 Å². The topological polar surface area (TPSA) is 72.2 Å². The Bertz CT molecular complexity index is 506. The van der Waals surface area contributed by atoms with Gasteiger partial charge in [-0.15, -0.1) is 12.3 Å². The van der Waals surface area contributed by atoms with Crippen molar-refractivity contribution in [2.75, 3.05) is 0 Å². The first-order valence-corrected chi connectivity index (χ1v) is 6.29. The number of unbranched alkanes of at least 4 members (excludes halogenated alkanes) is 1. The van der Waals surface area contributed by atoms with E-state index in [1.54, 1.807) is 0 Å². The summed E-state index contributed by atoms with van der Waals surface area (Å²) in [6, 6.07) is 4.87. The van der Waals surface area contributed by atoms with Crippen LogP contribution in [0.15, 0.2) is 24.3 Å². The van der Waals surface area contributed by atoms with Gasteiger partial charge in [0.05, 0.1) is 6.42 Å². The van der Waals surface area contributed by atoms with Crippen molar-refractivity contribution in [1.29, 1.82) is 0 Å². The number of hydrogen-bond acceptors (Lipinski definition) is 2. The van der Waals surface area contributed by atoms with Crippen molar-refractivity contribution in [1.82, 2.24) is 5.32 Å². The monoisotopic (exact) mass is 276 g/mol. The van der Waals surface area contributed by atoms with Crippen LogP contribution in [0.3, 0.4) is 0 Å². The smallest absolute Gasteiger partial charge is 0.240 e. The molecule has 0 saturated carbocycles. The molecule has 0 heterocycles. The third-order valence-corrected chi connectivity index (χ3v) is 2.77. The lowest BCUT2D eigenvalue weighted by Gasteiger charge is -2.14. The molecule has 0 unspecified atom stereocenters. The molecule has 1 aromatic carbocycles. The van der Waals surface area contributed by atoms with Crippen LogP contribution >= 0.6 is 0 Å². The van der Waals surface area contributed by atoms with Crippen molar-refractivity contribution in [2.24, 2.45) is 5.73 Å². The van der Waals surface area contributed by atoms with Crippen molar-refractivity contribution >= 4 is 11.8 Å². The summed E-state index contributed by atoms with van der Waals surface area (Å²) < 4.78 is 12.7. The van der Waals surface area contributed by atoms with Gasteiger partial charge in [0.1, 0.15) is 11.9 Å². The van der Waals surface area contributed by atoms with Gasteiger partial charge >= 0.3 is 0 Å². The van der Waals surface area contributed by atoms with Gasteiger partial charge in [-0.1, -0.05) is 12.1 Å². The Kier molecular flexibility index (Phi) is 6.24. The predicted octanol–water partition coefficient (Wildman–Crippen LogP) is 1.14. The predicted molar refractivity (Wildman–Crippen MR) is 73.9 cm³/mol. The van der Waals surface area contributed by atoms with E-state index < -0.39 is 11.9 Å². The van der Waals surface area contributed by atoms with E-state index >= 15 is 0 Å². The minimum Gasteiger partial charge on any atom is -0.368 e. The molecule has 1 rings (SSSR count). The Balaban J connectivity index is 2.51. The zero-order chi connectivity index (χ0) is 15.0. The molecule has 5 heteroatoms. The number of terminal acetylenes is 1. The van der Waals surface area contributed by atoms with Crippen LogP contribution in [0.2, 0.25) is 0 Å². The summed E-state index contributed by atoms with van der Waals surface area (Å²) in [5.74, 6) is 1.18. The van der Waals surface area contributed by atoms with Gasteiger partial charge in [0.25, 0.3) is 0 Å². The summed E-state index contributed by atoms with van der Waals surface area (Å²) >= 11 is 0. The van der Waals surface area contributed by atoms with Crippen molar-refractivity contribution in [2.45, 2.75) is 31.7 Å². The largest absolute Gasteiger partial charge is 0.368 e.